The number of hydrogen-bond acceptors (Lipinski definition) is 3. The molecule has 1 aliphatic heterocycles. The van der Waals surface area contributed by atoms with Gasteiger partial charge in [-0.25, -0.2) is 21.9 Å². The lowest BCUT2D eigenvalue weighted by molar-refractivity contribution is 0.410. The highest BCUT2D eigenvalue weighted by Crippen LogP contribution is 2.14. The lowest BCUT2D eigenvalue weighted by atomic mass is 10.2. The summed E-state index contributed by atoms with van der Waals surface area (Å²) in [6, 6.07) is 2.32. The Labute approximate surface area is 91.7 Å². The van der Waals surface area contributed by atoms with E-state index in [1.165, 1.54) is 0 Å². The first-order valence-corrected chi connectivity index (χ1v) is 6.15. The molecule has 0 radical (unpaired) electrons. The van der Waals surface area contributed by atoms with E-state index in [9.17, 15) is 17.2 Å². The Hall–Kier alpha value is -1.05. The number of benzene rings is 1. The first-order valence-electron chi connectivity index (χ1n) is 4.67. The monoisotopic (exact) mass is 248 g/mol. The third kappa shape index (κ3) is 2.21. The SMILES string of the molecule is O=S(=O)(NC1CNC1)c1ccc(F)c(F)c1. The molecule has 7 heteroatoms. The minimum absolute atomic E-state index is 0.182. The lowest BCUT2D eigenvalue weighted by Crippen LogP contribution is -2.56. The van der Waals surface area contributed by atoms with Gasteiger partial charge in [-0.15, -0.1) is 0 Å². The zero-order valence-electron chi connectivity index (χ0n) is 8.20. The molecule has 1 aliphatic rings. The summed E-state index contributed by atoms with van der Waals surface area (Å²) in [5.41, 5.74) is 0. The van der Waals surface area contributed by atoms with Gasteiger partial charge in [0.15, 0.2) is 11.6 Å². The largest absolute Gasteiger partial charge is 0.313 e. The van der Waals surface area contributed by atoms with Gasteiger partial charge in [0.1, 0.15) is 0 Å². The first kappa shape index (κ1) is 11.4. The van der Waals surface area contributed by atoms with Crippen molar-refractivity contribution in [2.75, 3.05) is 13.1 Å². The van der Waals surface area contributed by atoms with E-state index in [1.54, 1.807) is 0 Å². The Bertz CT molecular complexity index is 500. The zero-order chi connectivity index (χ0) is 11.8. The van der Waals surface area contributed by atoms with Crippen molar-refractivity contribution in [3.8, 4) is 0 Å². The lowest BCUT2D eigenvalue weighted by Gasteiger charge is -2.27. The highest BCUT2D eigenvalue weighted by molar-refractivity contribution is 7.89. The zero-order valence-corrected chi connectivity index (χ0v) is 9.02. The molecule has 4 nitrogen and oxygen atoms in total. The van der Waals surface area contributed by atoms with E-state index in [1.807, 2.05) is 0 Å². The number of hydrogen-bond donors (Lipinski definition) is 2. The van der Waals surface area contributed by atoms with Crippen LogP contribution in [0.4, 0.5) is 8.78 Å². The number of halogens is 2. The molecule has 1 heterocycles. The van der Waals surface area contributed by atoms with Crippen LogP contribution in [0.25, 0.3) is 0 Å². The second-order valence-electron chi connectivity index (χ2n) is 3.55. The maximum absolute atomic E-state index is 12.9. The molecule has 2 rings (SSSR count). The van der Waals surface area contributed by atoms with Crippen molar-refractivity contribution >= 4 is 10.0 Å². The van der Waals surface area contributed by atoms with Gasteiger partial charge in [0.05, 0.1) is 4.90 Å². The number of nitrogens with one attached hydrogen (secondary N) is 2. The van der Waals surface area contributed by atoms with Crippen LogP contribution in [0, 0.1) is 11.6 Å². The molecule has 0 atom stereocenters. The third-order valence-corrected chi connectivity index (χ3v) is 3.82. The molecule has 1 aromatic carbocycles. The van der Waals surface area contributed by atoms with Gasteiger partial charge in [0.25, 0.3) is 0 Å². The van der Waals surface area contributed by atoms with Gasteiger partial charge < -0.3 is 5.32 Å². The molecule has 88 valence electrons. The highest BCUT2D eigenvalue weighted by atomic mass is 32.2. The maximum Gasteiger partial charge on any atom is 0.241 e. The Balaban J connectivity index is 2.24. The van der Waals surface area contributed by atoms with Crippen LogP contribution in [0.3, 0.4) is 0 Å². The molecule has 0 aromatic heterocycles. The Morgan fingerprint density at radius 3 is 2.44 bits per heavy atom. The van der Waals surface area contributed by atoms with Crippen LogP contribution in [0.2, 0.25) is 0 Å². The van der Waals surface area contributed by atoms with Gasteiger partial charge in [0.2, 0.25) is 10.0 Å². The summed E-state index contributed by atoms with van der Waals surface area (Å²) in [5.74, 6) is -2.24. The van der Waals surface area contributed by atoms with E-state index in [-0.39, 0.29) is 10.9 Å². The van der Waals surface area contributed by atoms with Crippen molar-refractivity contribution in [1.29, 1.82) is 0 Å². The summed E-state index contributed by atoms with van der Waals surface area (Å²) in [6.07, 6.45) is 0. The second kappa shape index (κ2) is 4.08. The van der Waals surface area contributed by atoms with Crippen molar-refractivity contribution in [3.63, 3.8) is 0 Å². The van der Waals surface area contributed by atoms with Crippen molar-refractivity contribution < 1.29 is 17.2 Å². The number of rotatable bonds is 3. The third-order valence-electron chi connectivity index (χ3n) is 2.30. The second-order valence-corrected chi connectivity index (χ2v) is 5.27. The van der Waals surface area contributed by atoms with Crippen molar-refractivity contribution in [1.82, 2.24) is 10.0 Å². The molecule has 1 fully saturated rings. The Morgan fingerprint density at radius 1 is 1.25 bits per heavy atom. The van der Waals surface area contributed by atoms with Crippen LogP contribution in [0.15, 0.2) is 23.1 Å². The van der Waals surface area contributed by atoms with Crippen LogP contribution < -0.4 is 10.0 Å². The summed E-state index contributed by atoms with van der Waals surface area (Å²) in [7, 11) is -3.76. The standard InChI is InChI=1S/C9H10F2N2O2S/c10-8-2-1-7(3-9(8)11)16(14,15)13-6-4-12-5-6/h1-3,6,12-13H,4-5H2. The first-order chi connectivity index (χ1) is 7.49. The molecule has 16 heavy (non-hydrogen) atoms. The predicted molar refractivity (Wildman–Crippen MR) is 53.3 cm³/mol. The average Bonchev–Trinajstić information content (AvgIpc) is 2.16. The molecule has 0 aliphatic carbocycles. The van der Waals surface area contributed by atoms with E-state index in [0.717, 1.165) is 12.1 Å². The Morgan fingerprint density at radius 2 is 1.94 bits per heavy atom. The average molecular weight is 248 g/mol. The van der Waals surface area contributed by atoms with Crippen molar-refractivity contribution in [3.05, 3.63) is 29.8 Å². The highest BCUT2D eigenvalue weighted by Gasteiger charge is 2.24. The molecule has 1 saturated heterocycles. The van der Waals surface area contributed by atoms with Gasteiger partial charge in [-0.05, 0) is 18.2 Å². The smallest absolute Gasteiger partial charge is 0.241 e. The van der Waals surface area contributed by atoms with Gasteiger partial charge in [-0.1, -0.05) is 0 Å². The quantitative estimate of drug-likeness (QED) is 0.804. The predicted octanol–water partition coefficient (Wildman–Crippen LogP) is 0.215. The molecule has 1 aromatic rings. The maximum atomic E-state index is 12.9. The molecule has 0 bridgehead atoms. The van der Waals surface area contributed by atoms with E-state index in [4.69, 9.17) is 0 Å². The molecular weight excluding hydrogens is 238 g/mol. The molecule has 2 N–H and O–H groups in total. The minimum Gasteiger partial charge on any atom is -0.313 e. The van der Waals surface area contributed by atoms with Gasteiger partial charge in [-0.2, -0.15) is 0 Å². The number of sulfonamides is 1. The van der Waals surface area contributed by atoms with E-state index < -0.39 is 21.7 Å². The molecule has 0 unspecified atom stereocenters. The van der Waals surface area contributed by atoms with Gasteiger partial charge >= 0.3 is 0 Å². The Kier molecular flexibility index (Phi) is 2.92. The fraction of sp³-hybridized carbons (Fsp3) is 0.333. The molecule has 0 amide bonds. The minimum atomic E-state index is -3.76. The van der Waals surface area contributed by atoms with Crippen LogP contribution in [0.5, 0.6) is 0 Å². The molecule has 0 saturated carbocycles. The van der Waals surface area contributed by atoms with Crippen LogP contribution in [-0.2, 0) is 10.0 Å². The van der Waals surface area contributed by atoms with Crippen LogP contribution in [0.1, 0.15) is 0 Å². The summed E-state index contributed by atoms with van der Waals surface area (Å²) < 4.78 is 51.2. The van der Waals surface area contributed by atoms with Crippen molar-refractivity contribution in [2.45, 2.75) is 10.9 Å². The van der Waals surface area contributed by atoms with Crippen LogP contribution >= 0.6 is 0 Å². The fourth-order valence-electron chi connectivity index (χ4n) is 1.30. The van der Waals surface area contributed by atoms with E-state index in [2.05, 4.69) is 10.0 Å². The topological polar surface area (TPSA) is 58.2 Å². The van der Waals surface area contributed by atoms with Crippen LogP contribution in [-0.4, -0.2) is 27.5 Å². The van der Waals surface area contributed by atoms with E-state index in [0.29, 0.717) is 19.2 Å². The van der Waals surface area contributed by atoms with Gasteiger partial charge in [0, 0.05) is 19.1 Å². The summed E-state index contributed by atoms with van der Waals surface area (Å²) in [4.78, 5) is -0.265. The molecule has 0 spiro atoms. The summed E-state index contributed by atoms with van der Waals surface area (Å²) >= 11 is 0. The van der Waals surface area contributed by atoms with Crippen molar-refractivity contribution in [2.24, 2.45) is 0 Å². The molecular formula is C9H10F2N2O2S. The normalized spacial score (nSPS) is 17.1. The fourth-order valence-corrected chi connectivity index (χ4v) is 2.55. The van der Waals surface area contributed by atoms with E-state index >= 15 is 0 Å². The summed E-state index contributed by atoms with van der Waals surface area (Å²) in [6.45, 7) is 1.09. The summed E-state index contributed by atoms with van der Waals surface area (Å²) in [5, 5.41) is 2.89. The van der Waals surface area contributed by atoms with Gasteiger partial charge in [-0.3, -0.25) is 0 Å².